The van der Waals surface area contributed by atoms with Crippen molar-refractivity contribution in [1.82, 2.24) is 9.88 Å². The minimum atomic E-state index is -0.608. The Balaban J connectivity index is 1.51. The number of para-hydroxylation sites is 1. The fraction of sp³-hybridized carbons (Fsp3) is 0.300. The molecule has 26 heavy (non-hydrogen) atoms. The van der Waals surface area contributed by atoms with E-state index in [2.05, 4.69) is 4.98 Å². The van der Waals surface area contributed by atoms with Gasteiger partial charge in [-0.05, 0) is 42.0 Å². The number of nitrogens with one attached hydrogen (secondary N) is 1. The van der Waals surface area contributed by atoms with E-state index in [0.717, 1.165) is 34.3 Å². The maximum absolute atomic E-state index is 13.1. The van der Waals surface area contributed by atoms with Crippen LogP contribution in [0.25, 0.3) is 10.2 Å². The van der Waals surface area contributed by atoms with Gasteiger partial charge in [0.05, 0.1) is 15.6 Å². The van der Waals surface area contributed by atoms with Gasteiger partial charge in [0.2, 0.25) is 5.91 Å². The van der Waals surface area contributed by atoms with Gasteiger partial charge in [0, 0.05) is 25.8 Å². The molecule has 1 spiro atoms. The van der Waals surface area contributed by atoms with E-state index < -0.39 is 5.41 Å². The molecule has 3 aromatic rings. The number of amides is 2. The summed E-state index contributed by atoms with van der Waals surface area (Å²) >= 11 is 1.62. The average Bonchev–Trinajstić information content (AvgIpc) is 3.32. The Labute approximate surface area is 155 Å². The molecule has 2 aliphatic rings. The monoisotopic (exact) mass is 365 g/mol. The summed E-state index contributed by atoms with van der Waals surface area (Å²) in [6, 6.07) is 11.9. The summed E-state index contributed by atoms with van der Waals surface area (Å²) in [5.74, 6) is 0.0796. The number of H-pyrrole nitrogens is 1. The quantitative estimate of drug-likeness (QED) is 0.719. The van der Waals surface area contributed by atoms with E-state index in [0.29, 0.717) is 18.8 Å². The van der Waals surface area contributed by atoms with Crippen LogP contribution < -0.4 is 4.90 Å². The fourth-order valence-electron chi connectivity index (χ4n) is 4.47. The second-order valence-corrected chi connectivity index (χ2v) is 8.12. The van der Waals surface area contributed by atoms with Crippen LogP contribution in [0.15, 0.2) is 41.8 Å². The Kier molecular flexibility index (Phi) is 3.28. The molecule has 1 fully saturated rings. The third kappa shape index (κ3) is 2.02. The van der Waals surface area contributed by atoms with E-state index in [1.807, 2.05) is 53.7 Å². The number of nitrogens with zero attached hydrogens (tertiary/aromatic N) is 2. The molecule has 4 heterocycles. The minimum absolute atomic E-state index is 0.0210. The molecule has 0 unspecified atom stereocenters. The van der Waals surface area contributed by atoms with Crippen molar-refractivity contribution in [1.29, 1.82) is 0 Å². The Hall–Kier alpha value is -2.60. The summed E-state index contributed by atoms with van der Waals surface area (Å²) in [6.45, 7) is 1.13. The number of hydrogen-bond acceptors (Lipinski definition) is 3. The maximum Gasteiger partial charge on any atom is 0.270 e. The SMILES string of the molecule is CN1C(=O)[C@@]2(CCCN(C(=O)c3cc4sccc4[nH]3)C2)c2ccccc21. The van der Waals surface area contributed by atoms with E-state index >= 15 is 0 Å². The van der Waals surface area contributed by atoms with Gasteiger partial charge < -0.3 is 14.8 Å². The number of rotatable bonds is 1. The lowest BCUT2D eigenvalue weighted by Gasteiger charge is -2.39. The highest BCUT2D eigenvalue weighted by atomic mass is 32.1. The number of aromatic amines is 1. The van der Waals surface area contributed by atoms with Gasteiger partial charge in [-0.15, -0.1) is 11.3 Å². The van der Waals surface area contributed by atoms with Gasteiger partial charge in [-0.1, -0.05) is 18.2 Å². The van der Waals surface area contributed by atoms with Crippen molar-refractivity contribution in [2.24, 2.45) is 0 Å². The first-order valence-electron chi connectivity index (χ1n) is 8.83. The van der Waals surface area contributed by atoms with E-state index in [9.17, 15) is 9.59 Å². The molecule has 0 bridgehead atoms. The van der Waals surface area contributed by atoms with Crippen molar-refractivity contribution in [3.8, 4) is 0 Å². The zero-order chi connectivity index (χ0) is 17.9. The van der Waals surface area contributed by atoms with Crippen molar-refractivity contribution in [2.45, 2.75) is 18.3 Å². The minimum Gasteiger partial charge on any atom is -0.350 e. The van der Waals surface area contributed by atoms with Crippen LogP contribution in [0.1, 0.15) is 28.9 Å². The zero-order valence-electron chi connectivity index (χ0n) is 14.5. The number of aromatic nitrogens is 1. The summed E-state index contributed by atoms with van der Waals surface area (Å²) in [6.07, 6.45) is 1.62. The molecule has 1 atom stereocenters. The molecular formula is C20H19N3O2S. The number of hydrogen-bond donors (Lipinski definition) is 1. The number of thiophene rings is 1. The molecule has 0 aliphatic carbocycles. The third-order valence-corrected chi connectivity index (χ3v) is 6.61. The van der Waals surface area contributed by atoms with Crippen LogP contribution in [0.2, 0.25) is 0 Å². The second kappa shape index (κ2) is 5.45. The van der Waals surface area contributed by atoms with E-state index in [4.69, 9.17) is 0 Å². The van der Waals surface area contributed by atoms with Crippen molar-refractivity contribution in [2.75, 3.05) is 25.0 Å². The summed E-state index contributed by atoms with van der Waals surface area (Å²) < 4.78 is 1.09. The summed E-state index contributed by atoms with van der Waals surface area (Å²) in [7, 11) is 1.83. The lowest BCUT2D eigenvalue weighted by atomic mass is 9.75. The van der Waals surface area contributed by atoms with Crippen LogP contribution in [-0.4, -0.2) is 41.8 Å². The van der Waals surface area contributed by atoms with Gasteiger partial charge >= 0.3 is 0 Å². The van der Waals surface area contributed by atoms with Crippen LogP contribution in [0, 0.1) is 0 Å². The summed E-state index contributed by atoms with van der Waals surface area (Å²) in [5, 5.41) is 2.01. The number of fused-ring (bicyclic) bond motifs is 3. The largest absolute Gasteiger partial charge is 0.350 e. The van der Waals surface area contributed by atoms with E-state index in [-0.39, 0.29) is 11.8 Å². The smallest absolute Gasteiger partial charge is 0.270 e. The molecule has 5 rings (SSSR count). The molecule has 1 saturated heterocycles. The highest BCUT2D eigenvalue weighted by Crippen LogP contribution is 2.46. The Bertz CT molecular complexity index is 1010. The molecule has 0 radical (unpaired) electrons. The van der Waals surface area contributed by atoms with Crippen LogP contribution in [-0.2, 0) is 10.2 Å². The molecule has 132 valence electrons. The van der Waals surface area contributed by atoms with Gasteiger partial charge in [0.25, 0.3) is 5.91 Å². The standard InChI is InChI=1S/C20H19N3O2S/c1-22-16-6-3-2-5-13(16)20(19(22)25)8-4-9-23(12-20)18(24)15-11-17-14(21-15)7-10-26-17/h2-3,5-7,10-11,21H,4,8-9,12H2,1H3/t20-/m1/s1. The number of likely N-dealkylation sites (tertiary alicyclic amines) is 1. The van der Waals surface area contributed by atoms with Crippen molar-refractivity contribution >= 4 is 39.1 Å². The molecular weight excluding hydrogens is 346 g/mol. The molecule has 1 N–H and O–H groups in total. The Morgan fingerprint density at radius 1 is 1.27 bits per heavy atom. The van der Waals surface area contributed by atoms with Crippen LogP contribution >= 0.6 is 11.3 Å². The lowest BCUT2D eigenvalue weighted by molar-refractivity contribution is -0.124. The van der Waals surface area contributed by atoms with Gasteiger partial charge in [-0.25, -0.2) is 0 Å². The van der Waals surface area contributed by atoms with Gasteiger partial charge in [0.15, 0.2) is 0 Å². The average molecular weight is 365 g/mol. The third-order valence-electron chi connectivity index (χ3n) is 5.74. The molecule has 5 nitrogen and oxygen atoms in total. The first-order chi connectivity index (χ1) is 12.6. The predicted octanol–water partition coefficient (Wildman–Crippen LogP) is 3.38. The predicted molar refractivity (Wildman–Crippen MR) is 103 cm³/mol. The number of likely N-dealkylation sites (N-methyl/N-ethyl adjacent to an activating group) is 1. The number of carbonyl (C=O) groups is 2. The van der Waals surface area contributed by atoms with E-state index in [1.54, 1.807) is 16.2 Å². The highest BCUT2D eigenvalue weighted by molar-refractivity contribution is 7.17. The number of benzene rings is 1. The molecule has 2 aromatic heterocycles. The van der Waals surface area contributed by atoms with Crippen LogP contribution in [0.4, 0.5) is 5.69 Å². The Morgan fingerprint density at radius 3 is 2.96 bits per heavy atom. The van der Waals surface area contributed by atoms with E-state index in [1.165, 1.54) is 0 Å². The number of anilines is 1. The topological polar surface area (TPSA) is 56.4 Å². The van der Waals surface area contributed by atoms with Crippen molar-refractivity contribution in [3.05, 3.63) is 53.0 Å². The molecule has 2 amide bonds. The van der Waals surface area contributed by atoms with Crippen molar-refractivity contribution < 1.29 is 9.59 Å². The van der Waals surface area contributed by atoms with Gasteiger partial charge in [0.1, 0.15) is 5.69 Å². The van der Waals surface area contributed by atoms with Gasteiger partial charge in [-0.2, -0.15) is 0 Å². The second-order valence-electron chi connectivity index (χ2n) is 7.18. The first kappa shape index (κ1) is 15.6. The highest BCUT2D eigenvalue weighted by Gasteiger charge is 2.52. The van der Waals surface area contributed by atoms with Crippen molar-refractivity contribution in [3.63, 3.8) is 0 Å². The zero-order valence-corrected chi connectivity index (χ0v) is 15.3. The van der Waals surface area contributed by atoms with Gasteiger partial charge in [-0.3, -0.25) is 9.59 Å². The lowest BCUT2D eigenvalue weighted by Crippen LogP contribution is -2.53. The maximum atomic E-state index is 13.1. The fourth-order valence-corrected chi connectivity index (χ4v) is 5.26. The molecule has 0 saturated carbocycles. The number of carbonyl (C=O) groups excluding carboxylic acids is 2. The number of piperidine rings is 1. The first-order valence-corrected chi connectivity index (χ1v) is 9.71. The van der Waals surface area contributed by atoms with Crippen LogP contribution in [0.3, 0.4) is 0 Å². The Morgan fingerprint density at radius 2 is 2.12 bits per heavy atom. The molecule has 2 aliphatic heterocycles. The summed E-state index contributed by atoms with van der Waals surface area (Å²) in [4.78, 5) is 33.0. The molecule has 6 heteroatoms. The normalized spacial score (nSPS) is 22.4. The summed E-state index contributed by atoms with van der Waals surface area (Å²) in [5.41, 5.74) is 3.01. The molecule has 1 aromatic carbocycles. The van der Waals surface area contributed by atoms with Crippen LogP contribution in [0.5, 0.6) is 0 Å².